The molecule has 0 aliphatic carbocycles. The Morgan fingerprint density at radius 3 is 2.50 bits per heavy atom. The molecule has 3 aromatic rings. The van der Waals surface area contributed by atoms with Gasteiger partial charge in [0.2, 0.25) is 12.0 Å². The van der Waals surface area contributed by atoms with E-state index < -0.39 is 12.1 Å². The fourth-order valence-electron chi connectivity index (χ4n) is 4.12. The smallest absolute Gasteiger partial charge is 0.267 e. The minimum Gasteiger partial charge on any atom is -0.493 e. The van der Waals surface area contributed by atoms with Gasteiger partial charge >= 0.3 is 0 Å². The number of hydrogen-bond acceptors (Lipinski definition) is 5. The first-order valence-corrected chi connectivity index (χ1v) is 11.1. The highest BCUT2D eigenvalue weighted by Crippen LogP contribution is 2.45. The number of ether oxygens (including phenoxy) is 3. The summed E-state index contributed by atoms with van der Waals surface area (Å²) in [6, 6.07) is 19.5. The average Bonchev–Trinajstić information content (AvgIpc) is 2.82. The maximum Gasteiger partial charge on any atom is 0.267 e. The van der Waals surface area contributed by atoms with Gasteiger partial charge in [-0.2, -0.15) is 0 Å². The number of methoxy groups -OCH3 is 2. The van der Waals surface area contributed by atoms with E-state index in [1.807, 2.05) is 30.3 Å². The van der Waals surface area contributed by atoms with Gasteiger partial charge in [-0.25, -0.2) is 0 Å². The molecule has 1 saturated heterocycles. The quantitative estimate of drug-likeness (QED) is 0.466. The normalized spacial score (nSPS) is 17.1. The fraction of sp³-hybridized carbons (Fsp3) is 0.231. The highest BCUT2D eigenvalue weighted by Gasteiger charge is 2.51. The van der Waals surface area contributed by atoms with Crippen molar-refractivity contribution >= 4 is 29.1 Å². The molecule has 3 aromatic carbocycles. The van der Waals surface area contributed by atoms with E-state index in [0.29, 0.717) is 34.5 Å². The summed E-state index contributed by atoms with van der Waals surface area (Å²) in [5.74, 6) is 1.28. The summed E-state index contributed by atoms with van der Waals surface area (Å²) < 4.78 is 17.2. The number of hydrogen-bond donors (Lipinski definition) is 1. The van der Waals surface area contributed by atoms with Crippen molar-refractivity contribution in [2.24, 2.45) is 0 Å². The molecule has 1 fully saturated rings. The number of carbonyl (C=O) groups excluding carboxylic acids is 2. The first-order valence-electron chi connectivity index (χ1n) is 10.7. The molecule has 0 radical (unpaired) electrons. The van der Waals surface area contributed by atoms with Crippen LogP contribution >= 0.6 is 11.6 Å². The summed E-state index contributed by atoms with van der Waals surface area (Å²) in [6.45, 7) is 1.78. The van der Waals surface area contributed by atoms with Gasteiger partial charge in [-0.05, 0) is 42.0 Å². The molecule has 0 spiro atoms. The van der Waals surface area contributed by atoms with Gasteiger partial charge in [0.25, 0.3) is 5.91 Å². The van der Waals surface area contributed by atoms with Crippen LogP contribution in [0.4, 0.5) is 5.69 Å². The zero-order valence-electron chi connectivity index (χ0n) is 19.1. The van der Waals surface area contributed by atoms with Crippen molar-refractivity contribution in [2.45, 2.75) is 25.6 Å². The van der Waals surface area contributed by atoms with Gasteiger partial charge in [0.1, 0.15) is 11.8 Å². The van der Waals surface area contributed by atoms with Crippen LogP contribution in [0.1, 0.15) is 24.1 Å². The van der Waals surface area contributed by atoms with E-state index in [9.17, 15) is 9.59 Å². The maximum atomic E-state index is 13.3. The number of halogens is 1. The Morgan fingerprint density at radius 1 is 1.03 bits per heavy atom. The van der Waals surface area contributed by atoms with Crippen molar-refractivity contribution in [1.29, 1.82) is 0 Å². The number of carbonyl (C=O) groups is 2. The Morgan fingerprint density at radius 2 is 1.79 bits per heavy atom. The Hall–Kier alpha value is -3.71. The summed E-state index contributed by atoms with van der Waals surface area (Å²) in [4.78, 5) is 26.5. The van der Waals surface area contributed by atoms with E-state index in [1.54, 1.807) is 55.5 Å². The summed E-state index contributed by atoms with van der Waals surface area (Å²) in [5.41, 5.74) is 2.30. The van der Waals surface area contributed by atoms with Gasteiger partial charge in [0.05, 0.1) is 14.2 Å². The van der Waals surface area contributed by atoms with Gasteiger partial charge in [-0.15, -0.1) is 0 Å². The predicted octanol–water partition coefficient (Wildman–Crippen LogP) is 4.85. The van der Waals surface area contributed by atoms with Gasteiger partial charge < -0.3 is 24.4 Å². The summed E-state index contributed by atoms with van der Waals surface area (Å²) in [5, 5.41) is 3.29. The SMILES string of the molecule is COc1cccc([C@H]2[C@@H](Oc3cccc(Cl)c3)C(=O)N2Cc2cccc(NC(C)=O)c2)c1OC. The average molecular weight is 481 g/mol. The lowest BCUT2D eigenvalue weighted by molar-refractivity contribution is -0.165. The predicted molar refractivity (Wildman–Crippen MR) is 129 cm³/mol. The summed E-state index contributed by atoms with van der Waals surface area (Å²) in [7, 11) is 3.13. The van der Waals surface area contributed by atoms with Crippen LogP contribution in [0.5, 0.6) is 17.2 Å². The highest BCUT2D eigenvalue weighted by atomic mass is 35.5. The van der Waals surface area contributed by atoms with Crippen LogP contribution < -0.4 is 19.5 Å². The van der Waals surface area contributed by atoms with Gasteiger partial charge in [0, 0.05) is 29.7 Å². The van der Waals surface area contributed by atoms with Crippen LogP contribution in [-0.2, 0) is 16.1 Å². The summed E-state index contributed by atoms with van der Waals surface area (Å²) in [6.07, 6.45) is -0.766. The number of benzene rings is 3. The number of anilines is 1. The van der Waals surface area contributed by atoms with Crippen LogP contribution in [0, 0.1) is 0 Å². The molecule has 2 atom stereocenters. The van der Waals surface area contributed by atoms with E-state index in [0.717, 1.165) is 11.1 Å². The Labute approximate surface area is 203 Å². The molecule has 0 aromatic heterocycles. The summed E-state index contributed by atoms with van der Waals surface area (Å²) >= 11 is 6.11. The van der Waals surface area contributed by atoms with Crippen LogP contribution in [0.25, 0.3) is 0 Å². The molecular weight excluding hydrogens is 456 g/mol. The first-order chi connectivity index (χ1) is 16.4. The zero-order valence-corrected chi connectivity index (χ0v) is 19.8. The van der Waals surface area contributed by atoms with Gasteiger partial charge in [0.15, 0.2) is 11.5 Å². The standard InChI is InChI=1S/C26H25ClN2O5/c1-16(30)28-19-9-4-7-17(13-19)15-29-23(21-11-6-12-22(32-2)24(21)33-3)25(26(29)31)34-20-10-5-8-18(27)14-20/h4-14,23,25H,15H2,1-3H3,(H,28,30)/t23-,25+/m0/s1. The molecule has 4 rings (SSSR count). The van der Waals surface area contributed by atoms with Gasteiger partial charge in [-0.1, -0.05) is 41.9 Å². The third-order valence-corrected chi connectivity index (χ3v) is 5.80. The Bertz CT molecular complexity index is 1220. The molecule has 7 nitrogen and oxygen atoms in total. The van der Waals surface area contributed by atoms with E-state index in [2.05, 4.69) is 5.32 Å². The third-order valence-electron chi connectivity index (χ3n) is 5.56. The molecule has 1 aliphatic rings. The zero-order chi connectivity index (χ0) is 24.2. The molecule has 1 aliphatic heterocycles. The van der Waals surface area contributed by atoms with Gasteiger partial charge in [-0.3, -0.25) is 9.59 Å². The monoisotopic (exact) mass is 480 g/mol. The minimum absolute atomic E-state index is 0.161. The lowest BCUT2D eigenvalue weighted by Crippen LogP contribution is -2.60. The van der Waals surface area contributed by atoms with Crippen molar-refractivity contribution in [2.75, 3.05) is 19.5 Å². The Kier molecular flexibility index (Phi) is 6.93. The molecule has 1 heterocycles. The molecule has 0 saturated carbocycles. The minimum atomic E-state index is -0.766. The topological polar surface area (TPSA) is 77.1 Å². The lowest BCUT2D eigenvalue weighted by Gasteiger charge is -2.47. The van der Waals surface area contributed by atoms with Crippen molar-refractivity contribution in [3.8, 4) is 17.2 Å². The van der Waals surface area contributed by atoms with Crippen molar-refractivity contribution in [3.05, 3.63) is 82.9 Å². The largest absolute Gasteiger partial charge is 0.493 e. The van der Waals surface area contributed by atoms with E-state index in [4.69, 9.17) is 25.8 Å². The van der Waals surface area contributed by atoms with Crippen molar-refractivity contribution < 1.29 is 23.8 Å². The number of nitrogens with one attached hydrogen (secondary N) is 1. The van der Waals surface area contributed by atoms with E-state index in [1.165, 1.54) is 6.92 Å². The van der Waals surface area contributed by atoms with E-state index >= 15 is 0 Å². The molecule has 2 amide bonds. The van der Waals surface area contributed by atoms with E-state index in [-0.39, 0.29) is 11.8 Å². The maximum absolute atomic E-state index is 13.3. The second-order valence-corrected chi connectivity index (χ2v) is 8.31. The molecule has 8 heteroatoms. The third kappa shape index (κ3) is 4.79. The van der Waals surface area contributed by atoms with Crippen molar-refractivity contribution in [3.63, 3.8) is 0 Å². The number of amides is 2. The molecule has 1 N–H and O–H groups in total. The molecule has 34 heavy (non-hydrogen) atoms. The number of β-lactam (4-membered cyclic amide) rings is 1. The molecule has 0 bridgehead atoms. The van der Waals surface area contributed by atoms with Crippen LogP contribution in [0.15, 0.2) is 66.7 Å². The van der Waals surface area contributed by atoms with Crippen molar-refractivity contribution in [1.82, 2.24) is 4.90 Å². The highest BCUT2D eigenvalue weighted by molar-refractivity contribution is 6.30. The van der Waals surface area contributed by atoms with Crippen LogP contribution in [0.3, 0.4) is 0 Å². The second-order valence-electron chi connectivity index (χ2n) is 7.87. The number of rotatable bonds is 8. The number of likely N-dealkylation sites (tertiary alicyclic amines) is 1. The number of para-hydroxylation sites is 1. The molecule has 0 unspecified atom stereocenters. The fourth-order valence-corrected chi connectivity index (χ4v) is 4.30. The Balaban J connectivity index is 1.68. The van der Waals surface area contributed by atoms with Crippen LogP contribution in [-0.4, -0.2) is 37.0 Å². The van der Waals surface area contributed by atoms with Crippen LogP contribution in [0.2, 0.25) is 5.02 Å². The first kappa shape index (κ1) is 23.4. The number of nitrogens with zero attached hydrogens (tertiary/aromatic N) is 1. The molecule has 176 valence electrons. The molecular formula is C26H25ClN2O5. The lowest BCUT2D eigenvalue weighted by atomic mass is 9.88. The second kappa shape index (κ2) is 10.1.